The molecule has 2 aromatic carbocycles. The highest BCUT2D eigenvalue weighted by atomic mass is 16.3. The number of ketones is 2. The van der Waals surface area contributed by atoms with Crippen LogP contribution >= 0.6 is 0 Å². The van der Waals surface area contributed by atoms with Gasteiger partial charge in [0.2, 0.25) is 0 Å². The zero-order valence-corrected chi connectivity index (χ0v) is 11.4. The normalized spacial score (nSPS) is 14.4. The Kier molecular flexibility index (Phi) is 2.99. The molecule has 0 saturated carbocycles. The number of carbonyl (C=O) groups excluding carboxylic acids is 2. The average Bonchev–Trinajstić information content (AvgIpc) is 2.46. The number of benzene rings is 2. The predicted molar refractivity (Wildman–Crippen MR) is 79.5 cm³/mol. The maximum Gasteiger partial charge on any atom is 0.196 e. The zero-order chi connectivity index (χ0) is 15.1. The summed E-state index contributed by atoms with van der Waals surface area (Å²) in [5, 5.41) is 12.3. The fraction of sp³-hybridized carbons (Fsp3) is 0.125. The van der Waals surface area contributed by atoms with Crippen LogP contribution in [0.5, 0.6) is 0 Å². The lowest BCUT2D eigenvalue weighted by Crippen LogP contribution is -2.25. The number of anilines is 2. The number of hydrogen-bond donors (Lipinski definition) is 3. The van der Waals surface area contributed by atoms with Crippen molar-refractivity contribution in [1.29, 1.82) is 0 Å². The Balaban J connectivity index is 2.29. The summed E-state index contributed by atoms with van der Waals surface area (Å²) in [6.07, 6.45) is -0.849. The minimum absolute atomic E-state index is 0.198. The molecule has 1 atom stereocenters. The van der Waals surface area contributed by atoms with E-state index >= 15 is 0 Å². The summed E-state index contributed by atoms with van der Waals surface area (Å²) >= 11 is 0. The molecule has 3 rings (SSSR count). The minimum atomic E-state index is -0.849. The number of nitrogen functional groups attached to an aromatic ring is 1. The third-order valence-electron chi connectivity index (χ3n) is 3.47. The van der Waals surface area contributed by atoms with Gasteiger partial charge in [-0.2, -0.15) is 0 Å². The monoisotopic (exact) mass is 282 g/mol. The first kappa shape index (κ1) is 13.3. The zero-order valence-electron chi connectivity index (χ0n) is 11.4. The molecule has 0 fully saturated rings. The van der Waals surface area contributed by atoms with Crippen LogP contribution in [0.4, 0.5) is 11.4 Å². The van der Waals surface area contributed by atoms with Crippen molar-refractivity contribution in [2.24, 2.45) is 0 Å². The summed E-state index contributed by atoms with van der Waals surface area (Å²) in [5.74, 6) is -0.539. The van der Waals surface area contributed by atoms with E-state index in [4.69, 9.17) is 5.73 Å². The topological polar surface area (TPSA) is 92.4 Å². The molecule has 1 aliphatic rings. The number of nitrogens with one attached hydrogen (secondary N) is 1. The summed E-state index contributed by atoms with van der Waals surface area (Å²) < 4.78 is 0. The molecule has 0 amide bonds. The third kappa shape index (κ3) is 1.98. The summed E-state index contributed by atoms with van der Waals surface area (Å²) in [5.41, 5.74) is 7.68. The van der Waals surface area contributed by atoms with E-state index in [1.807, 2.05) is 0 Å². The molecule has 0 saturated heterocycles. The molecule has 0 aromatic heterocycles. The van der Waals surface area contributed by atoms with Gasteiger partial charge >= 0.3 is 0 Å². The van der Waals surface area contributed by atoms with E-state index in [1.165, 1.54) is 6.92 Å². The molecule has 0 heterocycles. The SMILES string of the molecule is CC(O)Nc1ccc(N)c2c1C(=O)c1ccccc1C2=O. The third-order valence-corrected chi connectivity index (χ3v) is 3.47. The van der Waals surface area contributed by atoms with Crippen molar-refractivity contribution < 1.29 is 14.7 Å². The van der Waals surface area contributed by atoms with Gasteiger partial charge in [0.1, 0.15) is 6.23 Å². The van der Waals surface area contributed by atoms with Gasteiger partial charge in [0, 0.05) is 22.5 Å². The number of nitrogens with two attached hydrogens (primary N) is 1. The van der Waals surface area contributed by atoms with E-state index in [-0.39, 0.29) is 28.4 Å². The van der Waals surface area contributed by atoms with E-state index in [2.05, 4.69) is 5.32 Å². The van der Waals surface area contributed by atoms with Crippen molar-refractivity contribution in [2.45, 2.75) is 13.2 Å². The van der Waals surface area contributed by atoms with Crippen LogP contribution in [0.15, 0.2) is 36.4 Å². The maximum atomic E-state index is 12.7. The van der Waals surface area contributed by atoms with E-state index in [0.717, 1.165) is 0 Å². The fourth-order valence-corrected chi connectivity index (χ4v) is 2.59. The smallest absolute Gasteiger partial charge is 0.196 e. The standard InChI is InChI=1S/C16H14N2O3/c1-8(19)18-12-7-6-11(17)13-14(12)16(21)10-5-3-2-4-9(10)15(13)20/h2-8,18-19H,17H2,1H3. The first-order chi connectivity index (χ1) is 10.0. The van der Waals surface area contributed by atoms with Gasteiger partial charge in [-0.1, -0.05) is 24.3 Å². The number of aliphatic hydroxyl groups excluding tert-OH is 1. The van der Waals surface area contributed by atoms with Gasteiger partial charge in [-0.15, -0.1) is 0 Å². The Morgan fingerprint density at radius 3 is 2.14 bits per heavy atom. The number of rotatable bonds is 2. The van der Waals surface area contributed by atoms with Crippen LogP contribution in [-0.2, 0) is 0 Å². The number of aliphatic hydroxyl groups is 1. The Labute approximate surface area is 121 Å². The van der Waals surface area contributed by atoms with Crippen LogP contribution < -0.4 is 11.1 Å². The largest absolute Gasteiger partial charge is 0.398 e. The molecule has 5 heteroatoms. The van der Waals surface area contributed by atoms with Crippen LogP contribution in [-0.4, -0.2) is 22.9 Å². The molecular formula is C16H14N2O3. The summed E-state index contributed by atoms with van der Waals surface area (Å²) in [4.78, 5) is 25.3. The second kappa shape index (κ2) is 4.71. The lowest BCUT2D eigenvalue weighted by Gasteiger charge is -2.22. The molecule has 0 bridgehead atoms. The summed E-state index contributed by atoms with van der Waals surface area (Å²) in [6, 6.07) is 9.81. The first-order valence-electron chi connectivity index (χ1n) is 6.56. The number of hydrogen-bond acceptors (Lipinski definition) is 5. The average molecular weight is 282 g/mol. The van der Waals surface area contributed by atoms with Gasteiger partial charge in [0.25, 0.3) is 0 Å². The molecule has 0 aliphatic heterocycles. The number of fused-ring (bicyclic) bond motifs is 2. The second-order valence-electron chi connectivity index (χ2n) is 4.98. The predicted octanol–water partition coefficient (Wildman–Crippen LogP) is 1.79. The van der Waals surface area contributed by atoms with Crippen LogP contribution in [0.1, 0.15) is 38.8 Å². The minimum Gasteiger partial charge on any atom is -0.398 e. The molecule has 4 N–H and O–H groups in total. The Bertz CT molecular complexity index is 766. The van der Waals surface area contributed by atoms with Crippen molar-refractivity contribution in [3.8, 4) is 0 Å². The van der Waals surface area contributed by atoms with E-state index < -0.39 is 6.23 Å². The highest BCUT2D eigenvalue weighted by Gasteiger charge is 2.33. The van der Waals surface area contributed by atoms with Crippen LogP contribution in [0, 0.1) is 0 Å². The molecule has 2 aromatic rings. The van der Waals surface area contributed by atoms with Crippen molar-refractivity contribution >= 4 is 22.9 Å². The maximum absolute atomic E-state index is 12.7. The molecule has 0 radical (unpaired) electrons. The molecule has 5 nitrogen and oxygen atoms in total. The molecular weight excluding hydrogens is 268 g/mol. The Hall–Kier alpha value is -2.66. The molecule has 0 spiro atoms. The molecule has 1 aliphatic carbocycles. The van der Waals surface area contributed by atoms with Crippen molar-refractivity contribution in [3.63, 3.8) is 0 Å². The van der Waals surface area contributed by atoms with Gasteiger partial charge in [-0.3, -0.25) is 9.59 Å². The van der Waals surface area contributed by atoms with Crippen molar-refractivity contribution in [1.82, 2.24) is 0 Å². The Morgan fingerprint density at radius 2 is 1.57 bits per heavy atom. The van der Waals surface area contributed by atoms with Crippen LogP contribution in [0.2, 0.25) is 0 Å². The van der Waals surface area contributed by atoms with Crippen molar-refractivity contribution in [2.75, 3.05) is 11.1 Å². The number of carbonyl (C=O) groups is 2. The van der Waals surface area contributed by atoms with Gasteiger partial charge in [-0.25, -0.2) is 0 Å². The van der Waals surface area contributed by atoms with Crippen LogP contribution in [0.3, 0.4) is 0 Å². The van der Waals surface area contributed by atoms with Crippen molar-refractivity contribution in [3.05, 3.63) is 58.7 Å². The molecule has 1 unspecified atom stereocenters. The van der Waals surface area contributed by atoms with Gasteiger partial charge < -0.3 is 16.2 Å². The van der Waals surface area contributed by atoms with Gasteiger partial charge in [0.05, 0.1) is 11.1 Å². The quantitative estimate of drug-likeness (QED) is 0.492. The lowest BCUT2D eigenvalue weighted by atomic mass is 9.82. The molecule has 106 valence electrons. The first-order valence-corrected chi connectivity index (χ1v) is 6.56. The molecule has 21 heavy (non-hydrogen) atoms. The second-order valence-corrected chi connectivity index (χ2v) is 4.98. The van der Waals surface area contributed by atoms with Crippen LogP contribution in [0.25, 0.3) is 0 Å². The van der Waals surface area contributed by atoms with E-state index in [0.29, 0.717) is 16.8 Å². The highest BCUT2D eigenvalue weighted by Crippen LogP contribution is 2.35. The van der Waals surface area contributed by atoms with Gasteiger partial charge in [0.15, 0.2) is 11.6 Å². The summed E-state index contributed by atoms with van der Waals surface area (Å²) in [7, 11) is 0. The lowest BCUT2D eigenvalue weighted by molar-refractivity contribution is 0.0980. The Morgan fingerprint density at radius 1 is 1.00 bits per heavy atom. The summed E-state index contributed by atoms with van der Waals surface area (Å²) in [6.45, 7) is 1.53. The van der Waals surface area contributed by atoms with E-state index in [1.54, 1.807) is 36.4 Å². The highest BCUT2D eigenvalue weighted by molar-refractivity contribution is 6.31. The van der Waals surface area contributed by atoms with E-state index in [9.17, 15) is 14.7 Å². The van der Waals surface area contributed by atoms with Gasteiger partial charge in [-0.05, 0) is 19.1 Å². The fourth-order valence-electron chi connectivity index (χ4n) is 2.59.